The maximum absolute atomic E-state index is 12.0. The fourth-order valence-electron chi connectivity index (χ4n) is 2.43. The molecular weight excluding hydrogens is 473 g/mol. The molecule has 2 N–H and O–H groups in total. The molecule has 0 saturated carbocycles. The topological polar surface area (TPSA) is 69.6 Å². The first-order valence-electron chi connectivity index (χ1n) is 8.84. The molecule has 0 atom stereocenters. The molecule has 8 heteroatoms. The minimum absolute atomic E-state index is 0. The fourth-order valence-corrected chi connectivity index (χ4v) is 3.03. The van der Waals surface area contributed by atoms with Crippen LogP contribution in [0.1, 0.15) is 34.4 Å². The fraction of sp³-hybridized carbons (Fsp3) is 0.421. The molecule has 2 aromatic rings. The Hall–Kier alpha value is -1.68. The van der Waals surface area contributed by atoms with E-state index < -0.39 is 0 Å². The van der Waals surface area contributed by atoms with Crippen LogP contribution in [-0.2, 0) is 6.54 Å². The van der Waals surface area contributed by atoms with E-state index in [0.717, 1.165) is 36.2 Å². The molecule has 0 bridgehead atoms. The van der Waals surface area contributed by atoms with E-state index in [4.69, 9.17) is 0 Å². The Bertz CT molecular complexity index is 720. The Labute approximate surface area is 182 Å². The molecule has 1 aromatic carbocycles. The van der Waals surface area contributed by atoms with Crippen molar-refractivity contribution in [1.82, 2.24) is 20.5 Å². The van der Waals surface area contributed by atoms with Gasteiger partial charge in [0.15, 0.2) is 5.96 Å². The van der Waals surface area contributed by atoms with Crippen molar-refractivity contribution in [3.63, 3.8) is 0 Å². The van der Waals surface area contributed by atoms with E-state index in [-0.39, 0.29) is 29.9 Å². The van der Waals surface area contributed by atoms with Gasteiger partial charge in [-0.3, -0.25) is 9.79 Å². The highest BCUT2D eigenvalue weighted by atomic mass is 127. The van der Waals surface area contributed by atoms with Gasteiger partial charge in [-0.05, 0) is 32.4 Å². The zero-order chi connectivity index (χ0) is 18.8. The summed E-state index contributed by atoms with van der Waals surface area (Å²) in [5.41, 5.74) is 1.73. The van der Waals surface area contributed by atoms with Crippen molar-refractivity contribution in [2.75, 3.05) is 26.7 Å². The van der Waals surface area contributed by atoms with Gasteiger partial charge in [-0.2, -0.15) is 0 Å². The standard InChI is InChI=1S/C19H27N5OS.HI/c1-4-20-19(24(3)13-17-14-26-15(2)23-17)22-12-8-11-21-18(25)16-9-6-5-7-10-16;/h5-7,9-10,14H,4,8,11-13H2,1-3H3,(H,20,22)(H,21,25);1H. The lowest BCUT2D eigenvalue weighted by Gasteiger charge is -2.21. The van der Waals surface area contributed by atoms with Crippen LogP contribution in [0.3, 0.4) is 0 Å². The van der Waals surface area contributed by atoms with Crippen molar-refractivity contribution in [3.8, 4) is 0 Å². The summed E-state index contributed by atoms with van der Waals surface area (Å²) in [5, 5.41) is 9.38. The summed E-state index contributed by atoms with van der Waals surface area (Å²) in [5.74, 6) is 0.810. The van der Waals surface area contributed by atoms with Crippen LogP contribution in [0.2, 0.25) is 0 Å². The van der Waals surface area contributed by atoms with Gasteiger partial charge in [-0.25, -0.2) is 4.98 Å². The maximum atomic E-state index is 12.0. The second-order valence-electron chi connectivity index (χ2n) is 5.93. The summed E-state index contributed by atoms with van der Waals surface area (Å²) >= 11 is 1.66. The van der Waals surface area contributed by atoms with Crippen molar-refractivity contribution in [2.45, 2.75) is 26.8 Å². The number of benzene rings is 1. The third kappa shape index (κ3) is 8.25. The summed E-state index contributed by atoms with van der Waals surface area (Å²) in [6, 6.07) is 9.25. The summed E-state index contributed by atoms with van der Waals surface area (Å²) in [6.45, 7) is 6.85. The number of aryl methyl sites for hydroxylation is 1. The van der Waals surface area contributed by atoms with Crippen molar-refractivity contribution >= 4 is 47.2 Å². The predicted octanol–water partition coefficient (Wildman–Crippen LogP) is 3.29. The average molecular weight is 501 g/mol. The van der Waals surface area contributed by atoms with Gasteiger partial charge in [0.1, 0.15) is 0 Å². The lowest BCUT2D eigenvalue weighted by Crippen LogP contribution is -2.38. The Morgan fingerprint density at radius 1 is 1.26 bits per heavy atom. The quantitative estimate of drug-likeness (QED) is 0.252. The van der Waals surface area contributed by atoms with Crippen LogP contribution in [0.15, 0.2) is 40.7 Å². The van der Waals surface area contributed by atoms with E-state index in [1.807, 2.05) is 44.3 Å². The van der Waals surface area contributed by atoms with Crippen LogP contribution in [-0.4, -0.2) is 48.4 Å². The summed E-state index contributed by atoms with van der Waals surface area (Å²) in [6.07, 6.45) is 0.789. The number of halogens is 1. The van der Waals surface area contributed by atoms with Crippen LogP contribution in [0.5, 0.6) is 0 Å². The predicted molar refractivity (Wildman–Crippen MR) is 123 cm³/mol. The van der Waals surface area contributed by atoms with E-state index in [9.17, 15) is 4.79 Å². The Kier molecular flexibility index (Phi) is 11.0. The van der Waals surface area contributed by atoms with Gasteiger partial charge in [0.05, 0.1) is 17.2 Å². The first-order valence-corrected chi connectivity index (χ1v) is 9.71. The molecule has 0 spiro atoms. The monoisotopic (exact) mass is 501 g/mol. The number of aromatic nitrogens is 1. The molecule has 0 unspecified atom stereocenters. The smallest absolute Gasteiger partial charge is 0.251 e. The highest BCUT2D eigenvalue weighted by Crippen LogP contribution is 2.09. The van der Waals surface area contributed by atoms with Gasteiger partial charge in [0.25, 0.3) is 5.91 Å². The second-order valence-corrected chi connectivity index (χ2v) is 6.99. The Balaban J connectivity index is 0.00000364. The SMILES string of the molecule is CCNC(=NCCCNC(=O)c1ccccc1)N(C)Cc1csc(C)n1.I. The molecule has 6 nitrogen and oxygen atoms in total. The number of hydrogen-bond donors (Lipinski definition) is 2. The number of hydrogen-bond acceptors (Lipinski definition) is 4. The number of aliphatic imine (C=N–C) groups is 1. The molecule has 1 amide bonds. The molecule has 0 aliphatic heterocycles. The van der Waals surface area contributed by atoms with Gasteiger partial charge in [-0.15, -0.1) is 35.3 Å². The van der Waals surface area contributed by atoms with Crippen molar-refractivity contribution in [2.24, 2.45) is 4.99 Å². The molecule has 0 saturated heterocycles. The zero-order valence-electron chi connectivity index (χ0n) is 16.1. The Morgan fingerprint density at radius 3 is 2.63 bits per heavy atom. The summed E-state index contributed by atoms with van der Waals surface area (Å²) < 4.78 is 0. The van der Waals surface area contributed by atoms with Gasteiger partial charge >= 0.3 is 0 Å². The van der Waals surface area contributed by atoms with Crippen molar-refractivity contribution < 1.29 is 4.79 Å². The number of amides is 1. The normalized spacial score (nSPS) is 10.9. The second kappa shape index (κ2) is 12.7. The minimum atomic E-state index is -0.0440. The van der Waals surface area contributed by atoms with E-state index in [2.05, 4.69) is 37.8 Å². The minimum Gasteiger partial charge on any atom is -0.357 e. The largest absolute Gasteiger partial charge is 0.357 e. The number of carbonyl (C=O) groups is 1. The van der Waals surface area contributed by atoms with Gasteiger partial charge in [0.2, 0.25) is 0 Å². The molecule has 1 aromatic heterocycles. The number of nitrogens with one attached hydrogen (secondary N) is 2. The molecule has 2 rings (SSSR count). The van der Waals surface area contributed by atoms with Gasteiger partial charge in [0, 0.05) is 37.6 Å². The van der Waals surface area contributed by atoms with Crippen LogP contribution in [0.25, 0.3) is 0 Å². The number of carbonyl (C=O) groups excluding carboxylic acids is 1. The molecule has 0 aliphatic rings. The van der Waals surface area contributed by atoms with Gasteiger partial charge in [-0.1, -0.05) is 18.2 Å². The summed E-state index contributed by atoms with van der Waals surface area (Å²) in [7, 11) is 2.01. The molecule has 148 valence electrons. The van der Waals surface area contributed by atoms with E-state index >= 15 is 0 Å². The molecule has 0 radical (unpaired) electrons. The number of guanidine groups is 1. The average Bonchev–Trinajstić information content (AvgIpc) is 3.05. The van der Waals surface area contributed by atoms with Gasteiger partial charge < -0.3 is 15.5 Å². The third-order valence-electron chi connectivity index (χ3n) is 3.68. The van der Waals surface area contributed by atoms with Crippen LogP contribution >= 0.6 is 35.3 Å². The number of nitrogens with zero attached hydrogens (tertiary/aromatic N) is 3. The number of rotatable bonds is 8. The van der Waals surface area contributed by atoms with Crippen LogP contribution < -0.4 is 10.6 Å². The Morgan fingerprint density at radius 2 is 2.00 bits per heavy atom. The third-order valence-corrected chi connectivity index (χ3v) is 4.50. The van der Waals surface area contributed by atoms with Crippen molar-refractivity contribution in [3.05, 3.63) is 52.0 Å². The van der Waals surface area contributed by atoms with E-state index in [1.165, 1.54) is 0 Å². The molecule has 0 aliphatic carbocycles. The first-order chi connectivity index (χ1) is 12.6. The zero-order valence-corrected chi connectivity index (χ0v) is 19.2. The molecule has 1 heterocycles. The molecule has 0 fully saturated rings. The summed E-state index contributed by atoms with van der Waals surface area (Å²) in [4.78, 5) is 23.2. The lowest BCUT2D eigenvalue weighted by molar-refractivity contribution is 0.0953. The highest BCUT2D eigenvalue weighted by Gasteiger charge is 2.08. The first kappa shape index (κ1) is 23.4. The van der Waals surface area contributed by atoms with Crippen LogP contribution in [0.4, 0.5) is 0 Å². The lowest BCUT2D eigenvalue weighted by atomic mass is 10.2. The van der Waals surface area contributed by atoms with Crippen LogP contribution in [0, 0.1) is 6.92 Å². The molecule has 27 heavy (non-hydrogen) atoms. The number of thiazole rings is 1. The van der Waals surface area contributed by atoms with E-state index in [1.54, 1.807) is 11.3 Å². The van der Waals surface area contributed by atoms with E-state index in [0.29, 0.717) is 18.7 Å². The van der Waals surface area contributed by atoms with Crippen molar-refractivity contribution in [1.29, 1.82) is 0 Å². The highest BCUT2D eigenvalue weighted by molar-refractivity contribution is 14.0. The molecular formula is C19H28IN5OS. The maximum Gasteiger partial charge on any atom is 0.251 e.